The van der Waals surface area contributed by atoms with E-state index >= 15 is 0 Å². The fraction of sp³-hybridized carbons (Fsp3) is 0.0800. The molecule has 5 heterocycles. The SMILES string of the molecule is CS(=O)(=O)NCc1cc(F)cc(-c2cncc3[nH]c(-c4n[nH]c5ccc(-c6cncc(N)c6)nc45)nc23)c1. The maximum atomic E-state index is 14.5. The van der Waals surface area contributed by atoms with Gasteiger partial charge >= 0.3 is 0 Å². The third-order valence-electron chi connectivity index (χ3n) is 5.89. The van der Waals surface area contributed by atoms with Gasteiger partial charge in [0, 0.05) is 36.3 Å². The van der Waals surface area contributed by atoms with Crippen LogP contribution in [0.3, 0.4) is 0 Å². The first kappa shape index (κ1) is 23.6. The van der Waals surface area contributed by atoms with Crippen molar-refractivity contribution < 1.29 is 12.8 Å². The molecule has 13 heteroatoms. The molecule has 0 radical (unpaired) electrons. The minimum Gasteiger partial charge on any atom is -0.397 e. The number of aromatic nitrogens is 7. The highest BCUT2D eigenvalue weighted by atomic mass is 32.2. The van der Waals surface area contributed by atoms with Gasteiger partial charge in [-0.15, -0.1) is 0 Å². The topological polar surface area (TPSA) is 168 Å². The van der Waals surface area contributed by atoms with E-state index in [0.717, 1.165) is 11.8 Å². The number of imidazole rings is 1. The molecule has 1 aromatic carbocycles. The Morgan fingerprint density at radius 3 is 2.61 bits per heavy atom. The highest BCUT2D eigenvalue weighted by molar-refractivity contribution is 7.88. The van der Waals surface area contributed by atoms with Crippen LogP contribution in [0.5, 0.6) is 0 Å². The summed E-state index contributed by atoms with van der Waals surface area (Å²) in [5.41, 5.74) is 12.4. The molecule has 0 unspecified atom stereocenters. The number of nitrogens with two attached hydrogens (primary N) is 1. The first-order valence-corrected chi connectivity index (χ1v) is 13.3. The van der Waals surface area contributed by atoms with Crippen molar-refractivity contribution in [1.82, 2.24) is 39.8 Å². The number of nitrogen functional groups attached to an aromatic ring is 1. The van der Waals surface area contributed by atoms with Crippen LogP contribution in [-0.4, -0.2) is 49.8 Å². The number of nitrogens with zero attached hydrogens (tertiary/aromatic N) is 5. The Labute approximate surface area is 215 Å². The van der Waals surface area contributed by atoms with Crippen LogP contribution in [0.1, 0.15) is 5.56 Å². The number of hydrogen-bond acceptors (Lipinski definition) is 8. The Hall–Kier alpha value is -4.75. The average Bonchev–Trinajstić information content (AvgIpc) is 3.50. The van der Waals surface area contributed by atoms with E-state index in [1.54, 1.807) is 36.9 Å². The Morgan fingerprint density at radius 2 is 1.79 bits per heavy atom. The minimum atomic E-state index is -3.44. The molecule has 0 aliphatic heterocycles. The van der Waals surface area contributed by atoms with Crippen LogP contribution in [0.15, 0.2) is 61.2 Å². The lowest BCUT2D eigenvalue weighted by Crippen LogP contribution is -2.21. The molecule has 6 aromatic rings. The molecule has 0 saturated heterocycles. The van der Waals surface area contributed by atoms with Crippen molar-refractivity contribution in [1.29, 1.82) is 0 Å². The quantitative estimate of drug-likeness (QED) is 0.254. The van der Waals surface area contributed by atoms with E-state index in [-0.39, 0.29) is 6.54 Å². The Kier molecular flexibility index (Phi) is 5.58. The van der Waals surface area contributed by atoms with Crippen LogP contribution < -0.4 is 10.5 Å². The van der Waals surface area contributed by atoms with Crippen molar-refractivity contribution in [2.45, 2.75) is 6.54 Å². The van der Waals surface area contributed by atoms with Crippen LogP contribution in [0, 0.1) is 5.82 Å². The van der Waals surface area contributed by atoms with Gasteiger partial charge in [-0.25, -0.2) is 27.5 Å². The number of benzene rings is 1. The fourth-order valence-electron chi connectivity index (χ4n) is 4.20. The lowest BCUT2D eigenvalue weighted by atomic mass is 10.0. The monoisotopic (exact) mass is 529 g/mol. The molecule has 38 heavy (non-hydrogen) atoms. The van der Waals surface area contributed by atoms with Gasteiger partial charge in [-0.05, 0) is 47.5 Å². The lowest BCUT2D eigenvalue weighted by molar-refractivity contribution is 0.586. The number of H-pyrrole nitrogens is 2. The summed E-state index contributed by atoms with van der Waals surface area (Å²) >= 11 is 0. The molecule has 0 saturated carbocycles. The Morgan fingerprint density at radius 1 is 0.947 bits per heavy atom. The maximum absolute atomic E-state index is 14.5. The molecule has 0 spiro atoms. The van der Waals surface area contributed by atoms with Gasteiger partial charge in [-0.1, -0.05) is 0 Å². The van der Waals surface area contributed by atoms with Crippen molar-refractivity contribution in [2.24, 2.45) is 0 Å². The second kappa shape index (κ2) is 8.97. The highest BCUT2D eigenvalue weighted by Gasteiger charge is 2.18. The minimum absolute atomic E-state index is 0.0470. The van der Waals surface area contributed by atoms with Crippen LogP contribution in [0.4, 0.5) is 10.1 Å². The number of nitrogens with one attached hydrogen (secondary N) is 3. The first-order chi connectivity index (χ1) is 18.2. The predicted octanol–water partition coefficient (Wildman–Crippen LogP) is 3.40. The van der Waals surface area contributed by atoms with Crippen LogP contribution >= 0.6 is 0 Å². The molecule has 11 nitrogen and oxygen atoms in total. The second-order valence-corrected chi connectivity index (χ2v) is 10.6. The first-order valence-electron chi connectivity index (χ1n) is 11.4. The number of pyridine rings is 3. The van der Waals surface area contributed by atoms with Crippen molar-refractivity contribution in [2.75, 3.05) is 12.0 Å². The second-order valence-electron chi connectivity index (χ2n) is 8.78. The summed E-state index contributed by atoms with van der Waals surface area (Å²) in [6, 6.07) is 9.84. The predicted molar refractivity (Wildman–Crippen MR) is 141 cm³/mol. The normalized spacial score (nSPS) is 11.9. The van der Waals surface area contributed by atoms with Gasteiger partial charge in [0.05, 0.1) is 40.4 Å². The summed E-state index contributed by atoms with van der Waals surface area (Å²) < 4.78 is 39.8. The fourth-order valence-corrected chi connectivity index (χ4v) is 4.63. The number of sulfonamides is 1. The smallest absolute Gasteiger partial charge is 0.209 e. The van der Waals surface area contributed by atoms with E-state index in [9.17, 15) is 12.8 Å². The molecule has 0 bridgehead atoms. The van der Waals surface area contributed by atoms with Gasteiger partial charge in [0.2, 0.25) is 10.0 Å². The molecular weight excluding hydrogens is 509 g/mol. The molecule has 0 atom stereocenters. The van der Waals surface area contributed by atoms with Gasteiger partial charge in [0.25, 0.3) is 0 Å². The van der Waals surface area contributed by atoms with E-state index in [2.05, 4.69) is 29.9 Å². The van der Waals surface area contributed by atoms with Gasteiger partial charge in [0.15, 0.2) is 11.5 Å². The van der Waals surface area contributed by atoms with Crippen molar-refractivity contribution in [3.05, 3.63) is 72.6 Å². The van der Waals surface area contributed by atoms with Crippen LogP contribution in [0.2, 0.25) is 0 Å². The molecule has 5 aromatic heterocycles. The summed E-state index contributed by atoms with van der Waals surface area (Å²) in [6.07, 6.45) is 7.50. The van der Waals surface area contributed by atoms with Crippen molar-refractivity contribution >= 4 is 37.8 Å². The summed E-state index contributed by atoms with van der Waals surface area (Å²) in [5, 5.41) is 7.40. The third-order valence-corrected chi connectivity index (χ3v) is 6.56. The lowest BCUT2D eigenvalue weighted by Gasteiger charge is -2.07. The third kappa shape index (κ3) is 4.55. The molecular formula is C25H20FN9O2S. The maximum Gasteiger partial charge on any atom is 0.209 e. The zero-order valence-corrected chi connectivity index (χ0v) is 20.7. The Balaban J connectivity index is 1.43. The van der Waals surface area contributed by atoms with Crippen LogP contribution in [-0.2, 0) is 16.6 Å². The zero-order valence-electron chi connectivity index (χ0n) is 19.9. The molecule has 6 rings (SSSR count). The zero-order chi connectivity index (χ0) is 26.4. The highest BCUT2D eigenvalue weighted by Crippen LogP contribution is 2.32. The molecule has 0 aliphatic rings. The molecule has 190 valence electrons. The van der Waals surface area contributed by atoms with Gasteiger partial charge < -0.3 is 10.7 Å². The molecule has 0 amide bonds. The summed E-state index contributed by atoms with van der Waals surface area (Å²) in [4.78, 5) is 21.2. The molecule has 0 aliphatic carbocycles. The summed E-state index contributed by atoms with van der Waals surface area (Å²) in [7, 11) is -3.44. The average molecular weight is 530 g/mol. The van der Waals surface area contributed by atoms with E-state index in [1.165, 1.54) is 12.1 Å². The van der Waals surface area contributed by atoms with Gasteiger partial charge in [-0.2, -0.15) is 5.10 Å². The number of rotatable bonds is 6. The number of anilines is 1. The molecule has 0 fully saturated rings. The van der Waals surface area contributed by atoms with Gasteiger partial charge in [-0.3, -0.25) is 15.1 Å². The van der Waals surface area contributed by atoms with Gasteiger partial charge in [0.1, 0.15) is 11.3 Å². The van der Waals surface area contributed by atoms with E-state index in [0.29, 0.717) is 61.7 Å². The number of fused-ring (bicyclic) bond motifs is 2. The summed E-state index contributed by atoms with van der Waals surface area (Å²) in [6.45, 7) is -0.0470. The number of hydrogen-bond donors (Lipinski definition) is 4. The molecule has 5 N–H and O–H groups in total. The summed E-state index contributed by atoms with van der Waals surface area (Å²) in [5.74, 6) is -0.0575. The Bertz CT molecular complexity index is 1950. The van der Waals surface area contributed by atoms with E-state index < -0.39 is 15.8 Å². The number of aromatic amines is 2. The standard InChI is InChI=1S/C25H20FN9O2S/c1-38(36,37)30-8-13-4-14(6-16(26)5-13)18-11-29-12-21-22(18)33-25(32-21)24-23-20(34-35-24)3-2-19(31-23)15-7-17(27)10-28-9-15/h2-7,9-12,30H,8,27H2,1H3,(H,32,33)(H,34,35). The van der Waals surface area contributed by atoms with E-state index in [4.69, 9.17) is 15.7 Å². The van der Waals surface area contributed by atoms with Crippen molar-refractivity contribution in [3.63, 3.8) is 0 Å². The largest absolute Gasteiger partial charge is 0.397 e. The number of halogens is 1. The van der Waals surface area contributed by atoms with E-state index in [1.807, 2.05) is 12.1 Å². The van der Waals surface area contributed by atoms with Crippen molar-refractivity contribution in [3.8, 4) is 33.9 Å². The van der Waals surface area contributed by atoms with Crippen LogP contribution in [0.25, 0.3) is 56.0 Å².